The monoisotopic (exact) mass is 514 g/mol. The predicted molar refractivity (Wildman–Crippen MR) is 147 cm³/mol. The summed E-state index contributed by atoms with van der Waals surface area (Å²) in [5, 5.41) is 19.0. The Morgan fingerprint density at radius 3 is 1.05 bits per heavy atom. The number of ether oxygens (including phenoxy) is 4. The lowest BCUT2D eigenvalue weighted by Gasteiger charge is -2.15. The van der Waals surface area contributed by atoms with Crippen molar-refractivity contribution in [1.82, 2.24) is 0 Å². The minimum absolute atomic E-state index is 0.0167. The summed E-state index contributed by atoms with van der Waals surface area (Å²) in [5.41, 5.74) is 1.64. The van der Waals surface area contributed by atoms with Crippen molar-refractivity contribution in [2.24, 2.45) is 0 Å². The number of aliphatic hydroxyl groups is 2. The summed E-state index contributed by atoms with van der Waals surface area (Å²) in [6.45, 7) is 2.51. The lowest BCUT2D eigenvalue weighted by Crippen LogP contribution is -2.05. The summed E-state index contributed by atoms with van der Waals surface area (Å²) in [7, 11) is 0. The first kappa shape index (κ1) is 29.1. The van der Waals surface area contributed by atoms with E-state index in [1.807, 2.05) is 36.4 Å². The number of hydrogen-bond acceptors (Lipinski definition) is 6. The van der Waals surface area contributed by atoms with Gasteiger partial charge in [-0.3, -0.25) is 0 Å². The number of fused-ring (bicyclic) bond motifs is 2. The Bertz CT molecular complexity index is 812. The minimum atomic E-state index is -0.0167. The molecule has 0 aromatic heterocycles. The van der Waals surface area contributed by atoms with E-state index in [4.69, 9.17) is 18.9 Å². The van der Waals surface area contributed by atoms with Crippen molar-refractivity contribution in [3.8, 4) is 23.0 Å². The van der Waals surface area contributed by atoms with Crippen molar-refractivity contribution in [2.75, 3.05) is 26.4 Å². The van der Waals surface area contributed by atoms with Crippen LogP contribution in [0.2, 0.25) is 0 Å². The third-order valence-electron chi connectivity index (χ3n) is 6.74. The number of aliphatic hydroxyl groups excluding tert-OH is 2. The number of hydrogen-bond donors (Lipinski definition) is 2. The Hall–Kier alpha value is -2.44. The lowest BCUT2D eigenvalue weighted by atomic mass is 10.1. The molecule has 6 nitrogen and oxygen atoms in total. The number of rotatable bonds is 2. The van der Waals surface area contributed by atoms with Gasteiger partial charge >= 0.3 is 0 Å². The molecule has 0 atom stereocenters. The van der Waals surface area contributed by atoms with E-state index in [-0.39, 0.29) is 13.2 Å². The first-order valence-corrected chi connectivity index (χ1v) is 14.3. The van der Waals surface area contributed by atoms with Crippen LogP contribution >= 0.6 is 0 Å². The molecular formula is C31H46O6. The predicted octanol–water partition coefficient (Wildman–Crippen LogP) is 6.97. The summed E-state index contributed by atoms with van der Waals surface area (Å²) >= 11 is 0. The topological polar surface area (TPSA) is 77.4 Å². The minimum Gasteiger partial charge on any atom is -0.490 e. The zero-order valence-electron chi connectivity index (χ0n) is 22.4. The Balaban J connectivity index is 1.54. The van der Waals surface area contributed by atoms with Crippen LogP contribution < -0.4 is 18.9 Å². The molecule has 0 unspecified atom stereocenters. The van der Waals surface area contributed by atoms with Crippen LogP contribution in [-0.2, 0) is 13.2 Å². The summed E-state index contributed by atoms with van der Waals surface area (Å²) in [5.74, 6) is 2.91. The Labute approximate surface area is 222 Å². The molecule has 0 fully saturated rings. The highest BCUT2D eigenvalue weighted by molar-refractivity contribution is 5.43. The van der Waals surface area contributed by atoms with Gasteiger partial charge in [0, 0.05) is 0 Å². The summed E-state index contributed by atoms with van der Waals surface area (Å²) in [6.07, 6.45) is 14.9. The van der Waals surface area contributed by atoms with E-state index >= 15 is 0 Å². The summed E-state index contributed by atoms with van der Waals surface area (Å²) in [4.78, 5) is 0. The third-order valence-corrected chi connectivity index (χ3v) is 6.74. The van der Waals surface area contributed by atoms with Crippen LogP contribution in [-0.4, -0.2) is 36.6 Å². The smallest absolute Gasteiger partial charge is 0.161 e. The van der Waals surface area contributed by atoms with Crippen molar-refractivity contribution < 1.29 is 29.2 Å². The second-order valence-electron chi connectivity index (χ2n) is 9.87. The van der Waals surface area contributed by atoms with Gasteiger partial charge in [0.1, 0.15) is 0 Å². The van der Waals surface area contributed by atoms with Gasteiger partial charge in [-0.05, 0) is 67.5 Å². The molecule has 1 heterocycles. The quantitative estimate of drug-likeness (QED) is 0.451. The first-order chi connectivity index (χ1) is 18.3. The molecule has 1 aliphatic rings. The molecule has 1 aliphatic heterocycles. The van der Waals surface area contributed by atoms with E-state index in [0.717, 1.165) is 54.7 Å². The summed E-state index contributed by atoms with van der Waals surface area (Å²) in [6, 6.07) is 11.3. The molecule has 37 heavy (non-hydrogen) atoms. The zero-order valence-corrected chi connectivity index (χ0v) is 22.4. The largest absolute Gasteiger partial charge is 0.490 e. The molecule has 206 valence electrons. The molecule has 0 radical (unpaired) electrons. The van der Waals surface area contributed by atoms with E-state index < -0.39 is 0 Å². The Kier molecular flexibility index (Phi) is 14.1. The molecule has 0 bridgehead atoms. The van der Waals surface area contributed by atoms with Gasteiger partial charge in [-0.1, -0.05) is 63.5 Å². The van der Waals surface area contributed by atoms with Crippen LogP contribution in [0.15, 0.2) is 36.4 Å². The van der Waals surface area contributed by atoms with Gasteiger partial charge in [0.25, 0.3) is 0 Å². The molecule has 2 aromatic rings. The fraction of sp³-hybridized carbons (Fsp3) is 0.613. The Morgan fingerprint density at radius 1 is 0.405 bits per heavy atom. The van der Waals surface area contributed by atoms with Gasteiger partial charge in [-0.2, -0.15) is 0 Å². The van der Waals surface area contributed by atoms with E-state index in [0.29, 0.717) is 37.9 Å². The van der Waals surface area contributed by atoms with Crippen LogP contribution in [0.1, 0.15) is 94.6 Å². The standard InChI is InChI=1S/C31H46O6/c32-24-26-14-16-28-30(22-26)36-20-12-9-13-21-37-31-23-27(25-33)15-17-29(31)35-19-11-8-6-4-2-1-3-5-7-10-18-34-28/h14-17,22-23,32-33H,1-13,18-21,24-25H2. The van der Waals surface area contributed by atoms with Crippen LogP contribution in [0.25, 0.3) is 0 Å². The van der Waals surface area contributed by atoms with E-state index in [1.54, 1.807) is 0 Å². The second kappa shape index (κ2) is 17.9. The normalized spacial score (nSPS) is 17.8. The molecule has 0 aliphatic carbocycles. The molecule has 0 saturated heterocycles. The van der Waals surface area contributed by atoms with Gasteiger partial charge in [0.15, 0.2) is 23.0 Å². The van der Waals surface area contributed by atoms with Crippen LogP contribution in [0.5, 0.6) is 23.0 Å². The van der Waals surface area contributed by atoms with Crippen molar-refractivity contribution in [3.63, 3.8) is 0 Å². The maximum Gasteiger partial charge on any atom is 0.161 e. The van der Waals surface area contributed by atoms with Crippen LogP contribution in [0.4, 0.5) is 0 Å². The molecule has 2 aromatic carbocycles. The van der Waals surface area contributed by atoms with Gasteiger partial charge in [0.2, 0.25) is 0 Å². The molecular weight excluding hydrogens is 468 g/mol. The van der Waals surface area contributed by atoms with Crippen molar-refractivity contribution in [3.05, 3.63) is 47.5 Å². The highest BCUT2D eigenvalue weighted by atomic mass is 16.5. The SMILES string of the molecule is OCc1ccc2c(c1)OCCCCCOc1cc(CO)ccc1OCCCCCCCCCCCCO2. The fourth-order valence-electron chi connectivity index (χ4n) is 4.49. The van der Waals surface area contributed by atoms with E-state index in [2.05, 4.69) is 0 Å². The zero-order chi connectivity index (χ0) is 26.0. The molecule has 0 spiro atoms. The van der Waals surface area contributed by atoms with Crippen LogP contribution in [0, 0.1) is 0 Å². The molecule has 0 amide bonds. The van der Waals surface area contributed by atoms with Crippen molar-refractivity contribution in [2.45, 2.75) is 96.7 Å². The van der Waals surface area contributed by atoms with E-state index in [9.17, 15) is 10.2 Å². The van der Waals surface area contributed by atoms with Gasteiger partial charge in [0.05, 0.1) is 39.6 Å². The van der Waals surface area contributed by atoms with Gasteiger partial charge in [-0.25, -0.2) is 0 Å². The van der Waals surface area contributed by atoms with Gasteiger partial charge in [-0.15, -0.1) is 0 Å². The van der Waals surface area contributed by atoms with Crippen molar-refractivity contribution >= 4 is 0 Å². The molecule has 3 rings (SSSR count). The van der Waals surface area contributed by atoms with E-state index in [1.165, 1.54) is 51.4 Å². The highest BCUT2D eigenvalue weighted by Crippen LogP contribution is 2.30. The number of benzene rings is 2. The second-order valence-corrected chi connectivity index (χ2v) is 9.87. The average molecular weight is 515 g/mol. The molecule has 2 N–H and O–H groups in total. The molecule has 6 heteroatoms. The maximum absolute atomic E-state index is 9.52. The fourth-order valence-corrected chi connectivity index (χ4v) is 4.49. The maximum atomic E-state index is 9.52. The summed E-state index contributed by atoms with van der Waals surface area (Å²) < 4.78 is 24.1. The highest BCUT2D eigenvalue weighted by Gasteiger charge is 2.09. The van der Waals surface area contributed by atoms with Gasteiger partial charge < -0.3 is 29.2 Å². The third kappa shape index (κ3) is 11.2. The lowest BCUT2D eigenvalue weighted by molar-refractivity contribution is 0.243. The average Bonchev–Trinajstić information content (AvgIpc) is 2.93. The van der Waals surface area contributed by atoms with Crippen molar-refractivity contribution in [1.29, 1.82) is 0 Å². The Morgan fingerprint density at radius 2 is 0.703 bits per heavy atom. The molecule has 0 saturated carbocycles. The van der Waals surface area contributed by atoms with Crippen LogP contribution in [0.3, 0.4) is 0 Å². The first-order valence-electron chi connectivity index (χ1n) is 14.3.